The standard InChI is InChI=1S/C16H20F2N4O3/c1-7-12(23)6-22(7)16-19-11(15(17)18)3-13(20-16)21-4-9-8(2-14(24)25)10(9)5-21/h3,7-10,12,15,23H,2,4-6H2,1H3,(H,24,25)/t7-,8-,9-,10+,12+/m0/s1. The Balaban J connectivity index is 1.52. The van der Waals surface area contributed by atoms with Crippen molar-refractivity contribution in [3.8, 4) is 0 Å². The molecular formula is C16H20F2N4O3. The number of aliphatic carboxylic acids is 1. The van der Waals surface area contributed by atoms with Gasteiger partial charge in [-0.05, 0) is 24.7 Å². The van der Waals surface area contributed by atoms with E-state index in [2.05, 4.69) is 9.97 Å². The fourth-order valence-corrected chi connectivity index (χ4v) is 4.04. The van der Waals surface area contributed by atoms with Crippen molar-refractivity contribution < 1.29 is 23.8 Å². The van der Waals surface area contributed by atoms with Gasteiger partial charge in [0.05, 0.1) is 12.1 Å². The maximum Gasteiger partial charge on any atom is 0.303 e. The van der Waals surface area contributed by atoms with Gasteiger partial charge in [0.2, 0.25) is 5.95 Å². The average Bonchev–Trinajstić information content (AvgIpc) is 3.01. The smallest absolute Gasteiger partial charge is 0.303 e. The molecule has 5 atom stereocenters. The highest BCUT2D eigenvalue weighted by molar-refractivity contribution is 5.68. The largest absolute Gasteiger partial charge is 0.481 e. The van der Waals surface area contributed by atoms with Gasteiger partial charge in [-0.3, -0.25) is 4.79 Å². The van der Waals surface area contributed by atoms with Crippen LogP contribution in [0.4, 0.5) is 20.5 Å². The first-order chi connectivity index (χ1) is 11.8. The Labute approximate surface area is 143 Å². The number of carboxylic acid groups (broad SMARTS) is 1. The first kappa shape index (κ1) is 16.4. The third-order valence-corrected chi connectivity index (χ3v) is 5.74. The van der Waals surface area contributed by atoms with Gasteiger partial charge in [0, 0.05) is 32.1 Å². The van der Waals surface area contributed by atoms with Crippen LogP contribution in [0.1, 0.15) is 25.5 Å². The summed E-state index contributed by atoms with van der Waals surface area (Å²) in [7, 11) is 0. The van der Waals surface area contributed by atoms with Gasteiger partial charge >= 0.3 is 5.97 Å². The minimum absolute atomic E-state index is 0.170. The number of aliphatic hydroxyl groups excluding tert-OH is 1. The van der Waals surface area contributed by atoms with E-state index in [-0.39, 0.29) is 30.0 Å². The summed E-state index contributed by atoms with van der Waals surface area (Å²) < 4.78 is 26.4. The lowest BCUT2D eigenvalue weighted by atomic mass is 10.0. The first-order valence-corrected chi connectivity index (χ1v) is 8.43. The summed E-state index contributed by atoms with van der Waals surface area (Å²) in [6.45, 7) is 3.41. The topological polar surface area (TPSA) is 89.8 Å². The van der Waals surface area contributed by atoms with Crippen molar-refractivity contribution in [3.05, 3.63) is 11.8 Å². The monoisotopic (exact) mass is 354 g/mol. The van der Waals surface area contributed by atoms with Crippen LogP contribution in [-0.4, -0.2) is 57.9 Å². The molecule has 0 radical (unpaired) electrons. The van der Waals surface area contributed by atoms with Gasteiger partial charge in [-0.1, -0.05) is 0 Å². The zero-order chi connectivity index (χ0) is 17.9. The molecule has 2 aliphatic heterocycles. The molecule has 0 unspecified atom stereocenters. The molecule has 0 spiro atoms. The second kappa shape index (κ2) is 5.76. The number of anilines is 2. The number of β-amino-alcohol motifs (C(OH)–C–C–N with tert-alkyl or cyclic N) is 1. The minimum Gasteiger partial charge on any atom is -0.481 e. The molecule has 1 aliphatic carbocycles. The van der Waals surface area contributed by atoms with Crippen molar-refractivity contribution in [2.75, 3.05) is 29.4 Å². The molecule has 3 aliphatic rings. The summed E-state index contributed by atoms with van der Waals surface area (Å²) in [5.41, 5.74) is -0.323. The summed E-state index contributed by atoms with van der Waals surface area (Å²) in [5, 5.41) is 18.5. The molecule has 3 heterocycles. The molecule has 3 fully saturated rings. The Hall–Kier alpha value is -2.03. The molecule has 1 saturated carbocycles. The van der Waals surface area contributed by atoms with E-state index in [1.807, 2.05) is 4.90 Å². The average molecular weight is 354 g/mol. The predicted molar refractivity (Wildman–Crippen MR) is 84.7 cm³/mol. The van der Waals surface area contributed by atoms with E-state index in [4.69, 9.17) is 5.11 Å². The summed E-state index contributed by atoms with van der Waals surface area (Å²) in [6.07, 6.45) is -3.03. The zero-order valence-electron chi connectivity index (χ0n) is 13.7. The summed E-state index contributed by atoms with van der Waals surface area (Å²) >= 11 is 0. The Morgan fingerprint density at radius 3 is 2.52 bits per heavy atom. The minimum atomic E-state index is -2.70. The number of carbonyl (C=O) groups is 1. The highest BCUT2D eigenvalue weighted by Crippen LogP contribution is 2.54. The van der Waals surface area contributed by atoms with E-state index in [9.17, 15) is 18.7 Å². The van der Waals surface area contributed by atoms with Crippen LogP contribution in [0.25, 0.3) is 0 Å². The van der Waals surface area contributed by atoms with Crippen molar-refractivity contribution in [3.63, 3.8) is 0 Å². The number of hydrogen-bond donors (Lipinski definition) is 2. The van der Waals surface area contributed by atoms with Crippen molar-refractivity contribution in [2.45, 2.75) is 31.9 Å². The molecule has 2 N–H and O–H groups in total. The quantitative estimate of drug-likeness (QED) is 0.819. The molecule has 7 nitrogen and oxygen atoms in total. The number of alkyl halides is 2. The van der Waals surface area contributed by atoms with Crippen LogP contribution < -0.4 is 9.80 Å². The number of nitrogens with zero attached hydrogens (tertiary/aromatic N) is 4. The van der Waals surface area contributed by atoms with Gasteiger partial charge in [-0.2, -0.15) is 4.98 Å². The lowest BCUT2D eigenvalue weighted by Crippen LogP contribution is -2.59. The number of fused-ring (bicyclic) bond motifs is 1. The van der Waals surface area contributed by atoms with Crippen LogP contribution >= 0.6 is 0 Å². The zero-order valence-corrected chi connectivity index (χ0v) is 13.7. The summed E-state index contributed by atoms with van der Waals surface area (Å²) in [4.78, 5) is 22.8. The van der Waals surface area contributed by atoms with Crippen LogP contribution in [-0.2, 0) is 4.79 Å². The highest BCUT2D eigenvalue weighted by Gasteiger charge is 2.56. The molecular weight excluding hydrogens is 334 g/mol. The van der Waals surface area contributed by atoms with Gasteiger partial charge in [0.15, 0.2) is 0 Å². The third kappa shape index (κ3) is 2.80. The number of rotatable bonds is 5. The van der Waals surface area contributed by atoms with Crippen LogP contribution in [0.3, 0.4) is 0 Å². The molecule has 2 saturated heterocycles. The Bertz CT molecular complexity index is 692. The van der Waals surface area contributed by atoms with Gasteiger partial charge in [0.25, 0.3) is 6.43 Å². The molecule has 0 aromatic carbocycles. The number of hydrogen-bond acceptors (Lipinski definition) is 6. The number of aromatic nitrogens is 2. The predicted octanol–water partition coefficient (Wildman–Crippen LogP) is 1.14. The molecule has 0 bridgehead atoms. The normalized spacial score (nSPS) is 33.4. The fraction of sp³-hybridized carbons (Fsp3) is 0.688. The lowest BCUT2D eigenvalue weighted by molar-refractivity contribution is -0.137. The van der Waals surface area contributed by atoms with Crippen LogP contribution in [0, 0.1) is 17.8 Å². The lowest BCUT2D eigenvalue weighted by Gasteiger charge is -2.43. The molecule has 4 rings (SSSR count). The molecule has 136 valence electrons. The van der Waals surface area contributed by atoms with Crippen LogP contribution in [0.2, 0.25) is 0 Å². The van der Waals surface area contributed by atoms with E-state index >= 15 is 0 Å². The van der Waals surface area contributed by atoms with E-state index in [0.29, 0.717) is 37.3 Å². The van der Waals surface area contributed by atoms with E-state index in [0.717, 1.165) is 0 Å². The second-order valence-corrected chi connectivity index (χ2v) is 7.21. The molecule has 1 aromatic heterocycles. The van der Waals surface area contributed by atoms with E-state index < -0.39 is 18.5 Å². The van der Waals surface area contributed by atoms with Gasteiger partial charge in [-0.15, -0.1) is 0 Å². The molecule has 0 amide bonds. The summed E-state index contributed by atoms with van der Waals surface area (Å²) in [6, 6.07) is 1.11. The number of aliphatic hydroxyl groups is 1. The second-order valence-electron chi connectivity index (χ2n) is 7.21. The maximum absolute atomic E-state index is 13.2. The Morgan fingerprint density at radius 1 is 1.32 bits per heavy atom. The van der Waals surface area contributed by atoms with Crippen LogP contribution in [0.15, 0.2) is 6.07 Å². The maximum atomic E-state index is 13.2. The summed E-state index contributed by atoms with van der Waals surface area (Å²) in [5.74, 6) is 0.669. The highest BCUT2D eigenvalue weighted by atomic mass is 19.3. The molecule has 25 heavy (non-hydrogen) atoms. The van der Waals surface area contributed by atoms with Crippen molar-refractivity contribution in [1.29, 1.82) is 0 Å². The van der Waals surface area contributed by atoms with E-state index in [1.165, 1.54) is 6.07 Å². The number of piperidine rings is 1. The SMILES string of the molecule is C[C@H]1[C@H](O)CN1c1nc(C(F)F)cc(N2C[C@@H]3[C@@H](CC(=O)O)[C@@H]3C2)n1. The van der Waals surface area contributed by atoms with E-state index in [1.54, 1.807) is 11.8 Å². The molecule has 1 aromatic rings. The van der Waals surface area contributed by atoms with Crippen molar-refractivity contribution >= 4 is 17.7 Å². The number of carboxylic acids is 1. The van der Waals surface area contributed by atoms with Crippen molar-refractivity contribution in [2.24, 2.45) is 17.8 Å². The van der Waals surface area contributed by atoms with Crippen molar-refractivity contribution in [1.82, 2.24) is 9.97 Å². The molecule has 9 heteroatoms. The van der Waals surface area contributed by atoms with Crippen LogP contribution in [0.5, 0.6) is 0 Å². The fourth-order valence-electron chi connectivity index (χ4n) is 4.04. The Morgan fingerprint density at radius 2 is 2.00 bits per heavy atom. The third-order valence-electron chi connectivity index (χ3n) is 5.74. The first-order valence-electron chi connectivity index (χ1n) is 8.43. The van der Waals surface area contributed by atoms with Gasteiger partial charge in [-0.25, -0.2) is 13.8 Å². The Kier molecular flexibility index (Phi) is 3.78. The van der Waals surface area contributed by atoms with Gasteiger partial charge in [0.1, 0.15) is 11.5 Å². The van der Waals surface area contributed by atoms with Gasteiger partial charge < -0.3 is 20.0 Å². The number of halogens is 2.